The maximum absolute atomic E-state index is 8.98. The molecular weight excluding hydrogens is 118 g/mol. The average Bonchev–Trinajstić information content (AvgIpc) is 2.37. The van der Waals surface area contributed by atoms with Crippen LogP contribution in [-0.4, -0.2) is 10.1 Å². The molecule has 0 fully saturated rings. The number of hydrogen-bond donors (Lipinski definition) is 1. The smallest absolute Gasteiger partial charge is 0.180 e. The lowest BCUT2D eigenvalue weighted by Crippen LogP contribution is -1.90. The molecule has 0 amide bonds. The van der Waals surface area contributed by atoms with Gasteiger partial charge in [-0.3, -0.25) is 0 Å². The molecule has 1 unspecified atom stereocenters. The lowest BCUT2D eigenvalue weighted by molar-refractivity contribution is 0.224. The summed E-state index contributed by atoms with van der Waals surface area (Å²) in [7, 11) is 0. The Morgan fingerprint density at radius 3 is 3.11 bits per heavy atom. The molecule has 0 aliphatic heterocycles. The topological polar surface area (TPSA) is 46.3 Å². The second kappa shape index (κ2) is 2.46. The molecule has 0 bridgehead atoms. The summed E-state index contributed by atoms with van der Waals surface area (Å²) in [5.74, 6) is 0. The van der Waals surface area contributed by atoms with Gasteiger partial charge < -0.3 is 9.52 Å². The molecule has 0 saturated carbocycles. The van der Waals surface area contributed by atoms with E-state index in [-0.39, 0.29) is 0 Å². The molecule has 48 valence electrons. The Balaban J connectivity index is 2.76. The number of nitrogens with zero attached hydrogens (tertiary/aromatic N) is 1. The number of aromatic nitrogens is 1. The van der Waals surface area contributed by atoms with E-state index in [1.165, 1.54) is 18.7 Å². The molecule has 0 spiro atoms. The van der Waals surface area contributed by atoms with Crippen LogP contribution in [0.15, 0.2) is 29.7 Å². The molecule has 0 aliphatic carbocycles. The second-order valence-corrected chi connectivity index (χ2v) is 1.59. The van der Waals surface area contributed by atoms with Gasteiger partial charge in [0, 0.05) is 0 Å². The molecule has 0 saturated heterocycles. The fraction of sp³-hybridized carbons (Fsp3) is 0.167. The third-order valence-electron chi connectivity index (χ3n) is 0.978. The van der Waals surface area contributed by atoms with Crippen LogP contribution in [0, 0.1) is 0 Å². The van der Waals surface area contributed by atoms with Gasteiger partial charge in [-0.15, -0.1) is 6.58 Å². The van der Waals surface area contributed by atoms with Crippen LogP contribution in [-0.2, 0) is 0 Å². The predicted octanol–water partition coefficient (Wildman–Crippen LogP) is 0.894. The zero-order valence-electron chi connectivity index (χ0n) is 4.82. The lowest BCUT2D eigenvalue weighted by Gasteiger charge is -1.95. The Labute approximate surface area is 52.6 Å². The van der Waals surface area contributed by atoms with Gasteiger partial charge in [-0.2, -0.15) is 0 Å². The zero-order chi connectivity index (χ0) is 6.69. The molecule has 1 aromatic heterocycles. The van der Waals surface area contributed by atoms with E-state index in [0.29, 0.717) is 5.69 Å². The van der Waals surface area contributed by atoms with Gasteiger partial charge in [0.15, 0.2) is 6.39 Å². The van der Waals surface area contributed by atoms with Crippen molar-refractivity contribution in [2.45, 2.75) is 6.10 Å². The van der Waals surface area contributed by atoms with E-state index in [1.807, 2.05) is 0 Å². The highest BCUT2D eigenvalue weighted by molar-refractivity contribution is 5.02. The van der Waals surface area contributed by atoms with E-state index < -0.39 is 6.10 Å². The highest BCUT2D eigenvalue weighted by atomic mass is 16.3. The summed E-state index contributed by atoms with van der Waals surface area (Å²) in [6.07, 6.45) is 3.33. The molecule has 0 aliphatic rings. The van der Waals surface area contributed by atoms with Crippen LogP contribution in [0.1, 0.15) is 11.8 Å². The van der Waals surface area contributed by atoms with Gasteiger partial charge >= 0.3 is 0 Å². The summed E-state index contributed by atoms with van der Waals surface area (Å²) >= 11 is 0. The first-order valence-electron chi connectivity index (χ1n) is 2.53. The third-order valence-corrected chi connectivity index (χ3v) is 0.978. The van der Waals surface area contributed by atoms with E-state index in [9.17, 15) is 0 Å². The molecule has 0 radical (unpaired) electrons. The van der Waals surface area contributed by atoms with E-state index >= 15 is 0 Å². The summed E-state index contributed by atoms with van der Waals surface area (Å²) < 4.78 is 4.62. The number of hydrogen-bond acceptors (Lipinski definition) is 3. The number of aliphatic hydroxyl groups excluding tert-OH is 1. The van der Waals surface area contributed by atoms with Crippen LogP contribution >= 0.6 is 0 Å². The van der Waals surface area contributed by atoms with Gasteiger partial charge in [0.25, 0.3) is 0 Å². The Hall–Kier alpha value is -1.09. The summed E-state index contributed by atoms with van der Waals surface area (Å²) in [4.78, 5) is 3.70. The maximum atomic E-state index is 8.98. The van der Waals surface area contributed by atoms with Crippen LogP contribution in [0.5, 0.6) is 0 Å². The quantitative estimate of drug-likeness (QED) is 0.597. The number of rotatable bonds is 2. The molecular formula is C6H7NO2. The minimum atomic E-state index is -0.705. The molecule has 1 heterocycles. The van der Waals surface area contributed by atoms with E-state index in [2.05, 4.69) is 16.0 Å². The van der Waals surface area contributed by atoms with Gasteiger partial charge in [0.05, 0.1) is 0 Å². The highest BCUT2D eigenvalue weighted by Gasteiger charge is 2.03. The second-order valence-electron chi connectivity index (χ2n) is 1.59. The van der Waals surface area contributed by atoms with Crippen LogP contribution < -0.4 is 0 Å². The van der Waals surface area contributed by atoms with Gasteiger partial charge in [-0.25, -0.2) is 4.98 Å². The van der Waals surface area contributed by atoms with Crippen LogP contribution in [0.3, 0.4) is 0 Å². The predicted molar refractivity (Wildman–Crippen MR) is 31.7 cm³/mol. The Bertz CT molecular complexity index is 181. The highest BCUT2D eigenvalue weighted by Crippen LogP contribution is 2.08. The van der Waals surface area contributed by atoms with Gasteiger partial charge in [-0.1, -0.05) is 6.08 Å². The molecule has 1 rings (SSSR count). The van der Waals surface area contributed by atoms with Crippen LogP contribution in [0.25, 0.3) is 0 Å². The first kappa shape index (κ1) is 6.04. The van der Waals surface area contributed by atoms with Crippen molar-refractivity contribution >= 4 is 0 Å². The maximum Gasteiger partial charge on any atom is 0.180 e. The van der Waals surface area contributed by atoms with Crippen molar-refractivity contribution in [1.82, 2.24) is 4.98 Å². The monoisotopic (exact) mass is 125 g/mol. The van der Waals surface area contributed by atoms with Crippen molar-refractivity contribution in [2.24, 2.45) is 0 Å². The van der Waals surface area contributed by atoms with Gasteiger partial charge in [-0.05, 0) is 0 Å². The minimum Gasteiger partial charge on any atom is -0.451 e. The average molecular weight is 125 g/mol. The zero-order valence-corrected chi connectivity index (χ0v) is 4.82. The molecule has 3 nitrogen and oxygen atoms in total. The van der Waals surface area contributed by atoms with Crippen molar-refractivity contribution in [3.63, 3.8) is 0 Å². The summed E-state index contributed by atoms with van der Waals surface area (Å²) in [5.41, 5.74) is 0.491. The summed E-state index contributed by atoms with van der Waals surface area (Å²) in [6.45, 7) is 3.38. The van der Waals surface area contributed by atoms with Crippen LogP contribution in [0.4, 0.5) is 0 Å². The largest absolute Gasteiger partial charge is 0.451 e. The first-order chi connectivity index (χ1) is 4.34. The van der Waals surface area contributed by atoms with Gasteiger partial charge in [0.1, 0.15) is 18.1 Å². The van der Waals surface area contributed by atoms with Crippen molar-refractivity contribution in [1.29, 1.82) is 0 Å². The first-order valence-corrected chi connectivity index (χ1v) is 2.53. The molecule has 1 N–H and O–H groups in total. The molecule has 1 aromatic rings. The normalized spacial score (nSPS) is 13.0. The Kier molecular flexibility index (Phi) is 1.65. The number of aliphatic hydroxyl groups is 1. The fourth-order valence-electron chi connectivity index (χ4n) is 0.489. The fourth-order valence-corrected chi connectivity index (χ4v) is 0.489. The summed E-state index contributed by atoms with van der Waals surface area (Å²) in [5, 5.41) is 8.98. The molecule has 9 heavy (non-hydrogen) atoms. The Morgan fingerprint density at radius 1 is 1.89 bits per heavy atom. The van der Waals surface area contributed by atoms with E-state index in [0.717, 1.165) is 0 Å². The van der Waals surface area contributed by atoms with Crippen molar-refractivity contribution < 1.29 is 9.52 Å². The van der Waals surface area contributed by atoms with Gasteiger partial charge in [0.2, 0.25) is 0 Å². The molecule has 1 atom stereocenters. The summed E-state index contributed by atoms with van der Waals surface area (Å²) in [6, 6.07) is 0. The standard InChI is InChI=1S/C6H7NO2/c1-2-6(8)5-3-9-4-7-5/h2-4,6,8H,1H2. The van der Waals surface area contributed by atoms with Crippen LogP contribution in [0.2, 0.25) is 0 Å². The Morgan fingerprint density at radius 2 is 2.67 bits per heavy atom. The molecule has 3 heteroatoms. The minimum absolute atomic E-state index is 0.491. The third kappa shape index (κ3) is 1.17. The SMILES string of the molecule is C=CC(O)c1cocn1. The van der Waals surface area contributed by atoms with Crippen molar-refractivity contribution in [3.8, 4) is 0 Å². The lowest BCUT2D eigenvalue weighted by atomic mass is 10.3. The van der Waals surface area contributed by atoms with E-state index in [4.69, 9.17) is 5.11 Å². The van der Waals surface area contributed by atoms with E-state index in [1.54, 1.807) is 0 Å². The number of oxazole rings is 1. The van der Waals surface area contributed by atoms with Crippen molar-refractivity contribution in [2.75, 3.05) is 0 Å². The molecule has 0 aromatic carbocycles. The van der Waals surface area contributed by atoms with Crippen molar-refractivity contribution in [3.05, 3.63) is 31.0 Å².